The summed E-state index contributed by atoms with van der Waals surface area (Å²) in [5.74, 6) is -0.0166. The Morgan fingerprint density at radius 1 is 0.742 bits per heavy atom. The van der Waals surface area contributed by atoms with Crippen LogP contribution in [-0.2, 0) is 19.1 Å². The highest BCUT2D eigenvalue weighted by Crippen LogP contribution is 2.31. The molecular formula is C27H50O4. The van der Waals surface area contributed by atoms with Crippen LogP contribution in [0.2, 0.25) is 0 Å². The van der Waals surface area contributed by atoms with Crippen molar-refractivity contribution in [1.82, 2.24) is 0 Å². The summed E-state index contributed by atoms with van der Waals surface area (Å²) in [5.41, 5.74) is 0. The minimum atomic E-state index is -0.136. The Balaban J connectivity index is 2.16. The molecule has 0 N–H and O–H groups in total. The Morgan fingerprint density at radius 3 is 1.87 bits per heavy atom. The Kier molecular flexibility index (Phi) is 16.7. The van der Waals surface area contributed by atoms with Gasteiger partial charge in [-0.15, -0.1) is 0 Å². The van der Waals surface area contributed by atoms with Crippen molar-refractivity contribution in [1.29, 1.82) is 0 Å². The van der Waals surface area contributed by atoms with Gasteiger partial charge >= 0.3 is 11.9 Å². The summed E-state index contributed by atoms with van der Waals surface area (Å²) in [5, 5.41) is 0. The molecule has 0 saturated heterocycles. The van der Waals surface area contributed by atoms with Crippen molar-refractivity contribution in [2.45, 2.75) is 130 Å². The van der Waals surface area contributed by atoms with Crippen molar-refractivity contribution in [3.05, 3.63) is 0 Å². The fourth-order valence-electron chi connectivity index (χ4n) is 4.54. The molecule has 0 aromatic carbocycles. The molecule has 3 unspecified atom stereocenters. The quantitative estimate of drug-likeness (QED) is 0.163. The van der Waals surface area contributed by atoms with Gasteiger partial charge in [0.2, 0.25) is 0 Å². The van der Waals surface area contributed by atoms with Crippen molar-refractivity contribution >= 4 is 11.9 Å². The zero-order valence-corrected chi connectivity index (χ0v) is 20.8. The summed E-state index contributed by atoms with van der Waals surface area (Å²) in [6, 6.07) is 0. The van der Waals surface area contributed by atoms with E-state index in [9.17, 15) is 9.59 Å². The van der Waals surface area contributed by atoms with Gasteiger partial charge in [-0.3, -0.25) is 9.59 Å². The predicted molar refractivity (Wildman–Crippen MR) is 128 cm³/mol. The lowest BCUT2D eigenvalue weighted by atomic mass is 9.81. The average Bonchev–Trinajstić information content (AvgIpc) is 2.80. The number of hydrogen-bond donors (Lipinski definition) is 0. The number of hydrogen-bond acceptors (Lipinski definition) is 4. The molecule has 3 atom stereocenters. The Morgan fingerprint density at radius 2 is 1.29 bits per heavy atom. The zero-order valence-electron chi connectivity index (χ0n) is 20.8. The van der Waals surface area contributed by atoms with Crippen molar-refractivity contribution in [2.75, 3.05) is 13.2 Å². The highest BCUT2D eigenvalue weighted by molar-refractivity contribution is 5.76. The topological polar surface area (TPSA) is 52.6 Å². The highest BCUT2D eigenvalue weighted by atomic mass is 16.5. The Labute approximate surface area is 192 Å². The molecule has 31 heavy (non-hydrogen) atoms. The Hall–Kier alpha value is -1.06. The monoisotopic (exact) mass is 438 g/mol. The van der Waals surface area contributed by atoms with E-state index in [4.69, 9.17) is 9.47 Å². The molecule has 4 heteroatoms. The lowest BCUT2D eigenvalue weighted by Crippen LogP contribution is -2.30. The first-order valence-electron chi connectivity index (χ1n) is 13.5. The van der Waals surface area contributed by atoms with E-state index in [-0.39, 0.29) is 23.8 Å². The van der Waals surface area contributed by atoms with Crippen LogP contribution < -0.4 is 0 Å². The third-order valence-electron chi connectivity index (χ3n) is 6.84. The largest absolute Gasteiger partial charge is 0.465 e. The van der Waals surface area contributed by atoms with Crippen LogP contribution in [0.1, 0.15) is 130 Å². The maximum atomic E-state index is 12.5. The number of carbonyl (C=O) groups is 2. The molecule has 0 aromatic rings. The first-order chi connectivity index (χ1) is 15.1. The Bertz CT molecular complexity index is 462. The molecule has 0 heterocycles. The van der Waals surface area contributed by atoms with E-state index in [0.29, 0.717) is 25.6 Å². The van der Waals surface area contributed by atoms with Gasteiger partial charge in [0.25, 0.3) is 0 Å². The smallest absolute Gasteiger partial charge is 0.308 e. The fourth-order valence-corrected chi connectivity index (χ4v) is 4.54. The van der Waals surface area contributed by atoms with Gasteiger partial charge in [0.1, 0.15) is 0 Å². The van der Waals surface area contributed by atoms with Crippen molar-refractivity contribution in [3.63, 3.8) is 0 Å². The van der Waals surface area contributed by atoms with Crippen LogP contribution in [0.3, 0.4) is 0 Å². The second-order valence-electron chi connectivity index (χ2n) is 9.60. The second-order valence-corrected chi connectivity index (χ2v) is 9.60. The lowest BCUT2D eigenvalue weighted by molar-refractivity contribution is -0.156. The van der Waals surface area contributed by atoms with Gasteiger partial charge in [-0.2, -0.15) is 0 Å². The van der Waals surface area contributed by atoms with Crippen molar-refractivity contribution in [3.8, 4) is 0 Å². The van der Waals surface area contributed by atoms with Crippen LogP contribution in [0.5, 0.6) is 0 Å². The first-order valence-corrected chi connectivity index (χ1v) is 13.5. The summed E-state index contributed by atoms with van der Waals surface area (Å²) >= 11 is 0. The van der Waals surface area contributed by atoms with E-state index in [2.05, 4.69) is 20.8 Å². The van der Waals surface area contributed by atoms with E-state index in [0.717, 1.165) is 44.9 Å². The molecule has 1 aliphatic carbocycles. The van der Waals surface area contributed by atoms with E-state index in [1.165, 1.54) is 57.8 Å². The number of carbonyl (C=O) groups excluding carboxylic acids is 2. The van der Waals surface area contributed by atoms with Gasteiger partial charge in [-0.1, -0.05) is 97.8 Å². The molecule has 1 fully saturated rings. The molecule has 1 aliphatic rings. The SMILES string of the molecule is CCCCCCCCCCCOC(=O)C1CCCC(C(=O)OCC(CC)CCCC)C1. The van der Waals surface area contributed by atoms with Crippen LogP contribution in [-0.4, -0.2) is 25.2 Å². The first kappa shape index (κ1) is 28.0. The molecule has 0 spiro atoms. The van der Waals surface area contributed by atoms with Crippen LogP contribution in [0.4, 0.5) is 0 Å². The molecule has 0 radical (unpaired) electrons. The number of unbranched alkanes of at least 4 members (excludes halogenated alkanes) is 9. The second kappa shape index (κ2) is 18.5. The van der Waals surface area contributed by atoms with Crippen LogP contribution >= 0.6 is 0 Å². The molecule has 1 rings (SSSR count). The zero-order chi connectivity index (χ0) is 22.7. The van der Waals surface area contributed by atoms with Crippen molar-refractivity contribution < 1.29 is 19.1 Å². The lowest BCUT2D eigenvalue weighted by Gasteiger charge is -2.27. The van der Waals surface area contributed by atoms with E-state index in [1.807, 2.05) is 0 Å². The molecule has 0 aromatic heterocycles. The van der Waals surface area contributed by atoms with E-state index >= 15 is 0 Å². The predicted octanol–water partition coefficient (Wildman–Crippen LogP) is 7.63. The van der Waals surface area contributed by atoms with E-state index in [1.54, 1.807) is 0 Å². The molecule has 1 saturated carbocycles. The maximum Gasteiger partial charge on any atom is 0.308 e. The van der Waals surface area contributed by atoms with Gasteiger partial charge in [0.15, 0.2) is 0 Å². The molecule has 0 amide bonds. The number of rotatable bonds is 18. The molecular weight excluding hydrogens is 388 g/mol. The summed E-state index contributed by atoms with van der Waals surface area (Å²) in [6.07, 6.45) is 19.0. The van der Waals surface area contributed by atoms with Gasteiger partial charge in [0, 0.05) is 0 Å². The normalized spacial score (nSPS) is 19.7. The van der Waals surface area contributed by atoms with Crippen LogP contribution in [0.15, 0.2) is 0 Å². The molecule has 182 valence electrons. The van der Waals surface area contributed by atoms with Crippen molar-refractivity contribution in [2.24, 2.45) is 17.8 Å². The van der Waals surface area contributed by atoms with Gasteiger partial charge < -0.3 is 9.47 Å². The minimum Gasteiger partial charge on any atom is -0.465 e. The van der Waals surface area contributed by atoms with E-state index < -0.39 is 0 Å². The molecule has 0 bridgehead atoms. The number of esters is 2. The van der Waals surface area contributed by atoms with Crippen LogP contribution in [0.25, 0.3) is 0 Å². The van der Waals surface area contributed by atoms with Gasteiger partial charge in [0.05, 0.1) is 25.0 Å². The maximum absolute atomic E-state index is 12.5. The third kappa shape index (κ3) is 13.2. The highest BCUT2D eigenvalue weighted by Gasteiger charge is 2.33. The third-order valence-corrected chi connectivity index (χ3v) is 6.84. The fraction of sp³-hybridized carbons (Fsp3) is 0.926. The van der Waals surface area contributed by atoms with Gasteiger partial charge in [-0.05, 0) is 38.0 Å². The standard InChI is InChI=1S/C27H50O4/c1-4-7-9-10-11-12-13-14-15-20-30-26(28)24-18-16-19-25(21-24)27(29)31-22-23(6-3)17-8-5-2/h23-25H,4-22H2,1-3H3. The summed E-state index contributed by atoms with van der Waals surface area (Å²) in [6.45, 7) is 7.65. The summed E-state index contributed by atoms with van der Waals surface area (Å²) in [7, 11) is 0. The average molecular weight is 439 g/mol. The molecule has 0 aliphatic heterocycles. The summed E-state index contributed by atoms with van der Waals surface area (Å²) < 4.78 is 11.2. The van der Waals surface area contributed by atoms with Crippen LogP contribution in [0, 0.1) is 17.8 Å². The molecule has 4 nitrogen and oxygen atoms in total. The minimum absolute atomic E-state index is 0.105. The number of ether oxygens (including phenoxy) is 2. The summed E-state index contributed by atoms with van der Waals surface area (Å²) in [4.78, 5) is 25.0. The van der Waals surface area contributed by atoms with Gasteiger partial charge in [-0.25, -0.2) is 0 Å².